The van der Waals surface area contributed by atoms with E-state index in [1.165, 1.54) is 5.56 Å². The van der Waals surface area contributed by atoms with Crippen LogP contribution in [0.3, 0.4) is 0 Å². The standard InChI is InChI=1S/C22H23NO3/c1-25-19-9-10-20-17(15-26-21(20)14-19)13-22(24)23-11-5-8-18(23)12-16-6-3-2-4-7-16/h2-4,6-7,9-10,14-15,18H,5,8,11-13H2,1H3. The second kappa shape index (κ2) is 7.24. The quantitative estimate of drug-likeness (QED) is 0.693. The zero-order valence-electron chi connectivity index (χ0n) is 15.0. The Morgan fingerprint density at radius 3 is 2.88 bits per heavy atom. The van der Waals surface area contributed by atoms with Crippen molar-refractivity contribution in [3.63, 3.8) is 0 Å². The van der Waals surface area contributed by atoms with Crippen molar-refractivity contribution in [1.29, 1.82) is 0 Å². The fraction of sp³-hybridized carbons (Fsp3) is 0.318. The highest BCUT2D eigenvalue weighted by atomic mass is 16.5. The zero-order chi connectivity index (χ0) is 17.9. The molecule has 4 heteroatoms. The molecule has 0 aliphatic carbocycles. The summed E-state index contributed by atoms with van der Waals surface area (Å²) in [6, 6.07) is 16.4. The van der Waals surface area contributed by atoms with Crippen LogP contribution in [-0.2, 0) is 17.6 Å². The van der Waals surface area contributed by atoms with Gasteiger partial charge in [0, 0.05) is 29.6 Å². The number of methoxy groups -OCH3 is 1. The lowest BCUT2D eigenvalue weighted by molar-refractivity contribution is -0.131. The molecule has 2 aromatic carbocycles. The third-order valence-corrected chi connectivity index (χ3v) is 5.22. The van der Waals surface area contributed by atoms with Gasteiger partial charge in [0.05, 0.1) is 19.8 Å². The predicted octanol–water partition coefficient (Wildman–Crippen LogP) is 4.22. The molecule has 1 unspecified atom stereocenters. The second-order valence-electron chi connectivity index (χ2n) is 6.87. The van der Waals surface area contributed by atoms with Gasteiger partial charge < -0.3 is 14.1 Å². The number of carbonyl (C=O) groups excluding carboxylic acids is 1. The lowest BCUT2D eigenvalue weighted by atomic mass is 10.0. The van der Waals surface area contributed by atoms with E-state index < -0.39 is 0 Å². The minimum Gasteiger partial charge on any atom is -0.497 e. The molecule has 1 aliphatic rings. The van der Waals surface area contributed by atoms with Gasteiger partial charge in [0.15, 0.2) is 0 Å². The summed E-state index contributed by atoms with van der Waals surface area (Å²) in [5, 5.41) is 0.984. The van der Waals surface area contributed by atoms with Gasteiger partial charge in [0.2, 0.25) is 5.91 Å². The highest BCUT2D eigenvalue weighted by Crippen LogP contribution is 2.28. The van der Waals surface area contributed by atoms with Crippen molar-refractivity contribution < 1.29 is 13.9 Å². The van der Waals surface area contributed by atoms with Gasteiger partial charge in [0.25, 0.3) is 0 Å². The summed E-state index contributed by atoms with van der Waals surface area (Å²) >= 11 is 0. The van der Waals surface area contributed by atoms with Crippen molar-refractivity contribution in [1.82, 2.24) is 4.90 Å². The molecule has 1 aromatic heterocycles. The Bertz CT molecular complexity index is 900. The third kappa shape index (κ3) is 3.32. The molecule has 0 spiro atoms. The van der Waals surface area contributed by atoms with E-state index in [0.717, 1.165) is 48.1 Å². The van der Waals surface area contributed by atoms with Crippen molar-refractivity contribution in [3.8, 4) is 5.75 Å². The normalized spacial score (nSPS) is 17.0. The van der Waals surface area contributed by atoms with Gasteiger partial charge >= 0.3 is 0 Å². The molecule has 4 nitrogen and oxygen atoms in total. The van der Waals surface area contributed by atoms with E-state index in [1.807, 2.05) is 24.3 Å². The fourth-order valence-electron chi connectivity index (χ4n) is 3.85. The highest BCUT2D eigenvalue weighted by molar-refractivity contribution is 5.88. The molecule has 1 fully saturated rings. The molecule has 0 saturated carbocycles. The summed E-state index contributed by atoms with van der Waals surface area (Å²) in [6.07, 6.45) is 5.15. The summed E-state index contributed by atoms with van der Waals surface area (Å²) in [6.45, 7) is 0.847. The predicted molar refractivity (Wildman–Crippen MR) is 101 cm³/mol. The maximum absolute atomic E-state index is 12.9. The maximum atomic E-state index is 12.9. The van der Waals surface area contributed by atoms with E-state index in [9.17, 15) is 4.79 Å². The molecule has 1 amide bonds. The summed E-state index contributed by atoms with van der Waals surface area (Å²) in [4.78, 5) is 15.0. The first kappa shape index (κ1) is 16.7. The topological polar surface area (TPSA) is 42.7 Å². The minimum absolute atomic E-state index is 0.182. The molecule has 0 bridgehead atoms. The van der Waals surface area contributed by atoms with Gasteiger partial charge in [-0.05, 0) is 37.0 Å². The maximum Gasteiger partial charge on any atom is 0.227 e. The monoisotopic (exact) mass is 349 g/mol. The lowest BCUT2D eigenvalue weighted by Gasteiger charge is -2.25. The Labute approximate surface area is 153 Å². The molecular formula is C22H23NO3. The molecule has 3 aromatic rings. The van der Waals surface area contributed by atoms with Crippen LogP contribution in [0.2, 0.25) is 0 Å². The molecule has 1 atom stereocenters. The van der Waals surface area contributed by atoms with E-state index in [2.05, 4.69) is 29.2 Å². The lowest BCUT2D eigenvalue weighted by Crippen LogP contribution is -2.37. The number of hydrogen-bond acceptors (Lipinski definition) is 3. The Morgan fingerprint density at radius 2 is 2.08 bits per heavy atom. The van der Waals surface area contributed by atoms with Crippen LogP contribution in [0.1, 0.15) is 24.0 Å². The number of amides is 1. The van der Waals surface area contributed by atoms with E-state index >= 15 is 0 Å². The average Bonchev–Trinajstić information content (AvgIpc) is 3.29. The van der Waals surface area contributed by atoms with Gasteiger partial charge in [-0.25, -0.2) is 0 Å². The molecule has 4 rings (SSSR count). The molecule has 0 N–H and O–H groups in total. The average molecular weight is 349 g/mol. The Morgan fingerprint density at radius 1 is 1.23 bits per heavy atom. The van der Waals surface area contributed by atoms with Crippen LogP contribution >= 0.6 is 0 Å². The molecule has 1 saturated heterocycles. The number of furan rings is 1. The molecule has 26 heavy (non-hydrogen) atoms. The van der Waals surface area contributed by atoms with Crippen molar-refractivity contribution in [3.05, 3.63) is 65.9 Å². The van der Waals surface area contributed by atoms with Gasteiger partial charge in [-0.15, -0.1) is 0 Å². The molecule has 0 radical (unpaired) electrons. The summed E-state index contributed by atoms with van der Waals surface area (Å²) in [7, 11) is 1.63. The number of benzene rings is 2. The first-order valence-electron chi connectivity index (χ1n) is 9.12. The van der Waals surface area contributed by atoms with Gasteiger partial charge in [-0.1, -0.05) is 30.3 Å². The molecule has 134 valence electrons. The summed E-state index contributed by atoms with van der Waals surface area (Å²) in [5.41, 5.74) is 2.99. The minimum atomic E-state index is 0.182. The largest absolute Gasteiger partial charge is 0.497 e. The molecular weight excluding hydrogens is 326 g/mol. The number of carbonyl (C=O) groups is 1. The third-order valence-electron chi connectivity index (χ3n) is 5.22. The van der Waals surface area contributed by atoms with Gasteiger partial charge in [-0.3, -0.25) is 4.79 Å². The molecule has 2 heterocycles. The first-order valence-corrected chi connectivity index (χ1v) is 9.12. The zero-order valence-corrected chi connectivity index (χ0v) is 15.0. The van der Waals surface area contributed by atoms with E-state index in [0.29, 0.717) is 12.5 Å². The van der Waals surface area contributed by atoms with Crippen molar-refractivity contribution in [2.24, 2.45) is 0 Å². The van der Waals surface area contributed by atoms with Crippen LogP contribution in [0.5, 0.6) is 5.75 Å². The van der Waals surface area contributed by atoms with Crippen molar-refractivity contribution in [2.75, 3.05) is 13.7 Å². The molecule has 1 aliphatic heterocycles. The van der Waals surface area contributed by atoms with Crippen LogP contribution in [-0.4, -0.2) is 30.5 Å². The SMILES string of the molecule is COc1ccc2c(CC(=O)N3CCCC3Cc3ccccc3)coc2c1. The smallest absolute Gasteiger partial charge is 0.227 e. The first-order chi connectivity index (χ1) is 12.7. The Balaban J connectivity index is 1.49. The summed E-state index contributed by atoms with van der Waals surface area (Å²) < 4.78 is 10.9. The van der Waals surface area contributed by atoms with Crippen molar-refractivity contribution in [2.45, 2.75) is 31.7 Å². The van der Waals surface area contributed by atoms with Crippen molar-refractivity contribution >= 4 is 16.9 Å². The van der Waals surface area contributed by atoms with E-state index in [-0.39, 0.29) is 5.91 Å². The number of nitrogens with zero attached hydrogens (tertiary/aromatic N) is 1. The Kier molecular flexibility index (Phi) is 4.65. The van der Waals surface area contributed by atoms with Crippen LogP contribution in [0.4, 0.5) is 0 Å². The van der Waals surface area contributed by atoms with Crippen LogP contribution in [0.15, 0.2) is 59.2 Å². The van der Waals surface area contributed by atoms with Crippen LogP contribution in [0, 0.1) is 0 Å². The highest BCUT2D eigenvalue weighted by Gasteiger charge is 2.29. The fourth-order valence-corrected chi connectivity index (χ4v) is 3.85. The number of fused-ring (bicyclic) bond motifs is 1. The number of ether oxygens (including phenoxy) is 1. The van der Waals surface area contributed by atoms with Crippen LogP contribution in [0.25, 0.3) is 11.0 Å². The van der Waals surface area contributed by atoms with Crippen LogP contribution < -0.4 is 4.74 Å². The second-order valence-corrected chi connectivity index (χ2v) is 6.87. The number of rotatable bonds is 5. The summed E-state index contributed by atoms with van der Waals surface area (Å²) in [5.74, 6) is 0.939. The van der Waals surface area contributed by atoms with Gasteiger partial charge in [0.1, 0.15) is 11.3 Å². The number of likely N-dealkylation sites (tertiary alicyclic amines) is 1. The van der Waals surface area contributed by atoms with Gasteiger partial charge in [-0.2, -0.15) is 0 Å². The number of hydrogen-bond donors (Lipinski definition) is 0. The van der Waals surface area contributed by atoms with E-state index in [4.69, 9.17) is 9.15 Å². The Hall–Kier alpha value is -2.75. The van der Waals surface area contributed by atoms with E-state index in [1.54, 1.807) is 13.4 Å².